The molecule has 3 N–H and O–H groups in total. The minimum absolute atomic E-state index is 0.276. The summed E-state index contributed by atoms with van der Waals surface area (Å²) < 4.78 is 5.37. The van der Waals surface area contributed by atoms with E-state index in [-0.39, 0.29) is 6.04 Å². The zero-order valence-corrected chi connectivity index (χ0v) is 11.3. The molecule has 0 bridgehead atoms. The lowest BCUT2D eigenvalue weighted by Crippen LogP contribution is -2.16. The monoisotopic (exact) mass is 236 g/mol. The van der Waals surface area contributed by atoms with Gasteiger partial charge in [-0.05, 0) is 56.9 Å². The Morgan fingerprint density at radius 3 is 2.53 bits per heavy atom. The van der Waals surface area contributed by atoms with Crippen molar-refractivity contribution in [2.75, 3.05) is 19.0 Å². The molecule has 0 heterocycles. The van der Waals surface area contributed by atoms with E-state index in [1.807, 2.05) is 6.92 Å². The molecule has 1 unspecified atom stereocenters. The summed E-state index contributed by atoms with van der Waals surface area (Å²) in [6.07, 6.45) is 2.12. The predicted molar refractivity (Wildman–Crippen MR) is 73.8 cm³/mol. The molecule has 0 fully saturated rings. The number of nitrogens with one attached hydrogen (secondary N) is 1. The summed E-state index contributed by atoms with van der Waals surface area (Å²) in [5.74, 6) is 0.911. The van der Waals surface area contributed by atoms with E-state index in [1.165, 1.54) is 11.1 Å². The fourth-order valence-electron chi connectivity index (χ4n) is 1.74. The highest BCUT2D eigenvalue weighted by Crippen LogP contribution is 2.27. The van der Waals surface area contributed by atoms with Crippen LogP contribution in [-0.4, -0.2) is 19.7 Å². The predicted octanol–water partition coefficient (Wildman–Crippen LogP) is 2.85. The second-order valence-electron chi connectivity index (χ2n) is 4.68. The molecule has 1 aromatic carbocycles. The van der Waals surface area contributed by atoms with Crippen LogP contribution in [0.4, 0.5) is 5.69 Å². The number of nitrogens with two attached hydrogens (primary N) is 1. The molecule has 1 aromatic rings. The van der Waals surface area contributed by atoms with E-state index in [0.717, 1.165) is 30.8 Å². The maximum absolute atomic E-state index is 5.72. The van der Waals surface area contributed by atoms with Gasteiger partial charge in [0.2, 0.25) is 0 Å². The molecule has 0 amide bonds. The summed E-state index contributed by atoms with van der Waals surface area (Å²) in [4.78, 5) is 0. The van der Waals surface area contributed by atoms with E-state index in [1.54, 1.807) is 7.11 Å². The molecule has 1 rings (SSSR count). The van der Waals surface area contributed by atoms with Crippen molar-refractivity contribution in [2.24, 2.45) is 5.73 Å². The molecule has 0 saturated carbocycles. The Balaban J connectivity index is 2.60. The first-order chi connectivity index (χ1) is 8.04. The van der Waals surface area contributed by atoms with Gasteiger partial charge >= 0.3 is 0 Å². The van der Waals surface area contributed by atoms with Gasteiger partial charge in [-0.1, -0.05) is 0 Å². The summed E-state index contributed by atoms with van der Waals surface area (Å²) in [7, 11) is 1.71. The van der Waals surface area contributed by atoms with Crippen LogP contribution in [0.25, 0.3) is 0 Å². The van der Waals surface area contributed by atoms with Crippen molar-refractivity contribution in [1.82, 2.24) is 0 Å². The summed E-state index contributed by atoms with van der Waals surface area (Å²) in [5.41, 5.74) is 9.32. The van der Waals surface area contributed by atoms with Crippen LogP contribution >= 0.6 is 0 Å². The van der Waals surface area contributed by atoms with Gasteiger partial charge in [-0.2, -0.15) is 0 Å². The molecular formula is C14H24N2O. The summed E-state index contributed by atoms with van der Waals surface area (Å²) in [6, 6.07) is 4.49. The molecule has 0 radical (unpaired) electrons. The van der Waals surface area contributed by atoms with Gasteiger partial charge < -0.3 is 15.8 Å². The van der Waals surface area contributed by atoms with Crippen molar-refractivity contribution in [3.8, 4) is 5.75 Å². The van der Waals surface area contributed by atoms with Gasteiger partial charge in [0.25, 0.3) is 0 Å². The molecule has 0 spiro atoms. The van der Waals surface area contributed by atoms with E-state index in [2.05, 4.69) is 31.3 Å². The van der Waals surface area contributed by atoms with Crippen LogP contribution in [0.15, 0.2) is 12.1 Å². The van der Waals surface area contributed by atoms with Crippen LogP contribution in [0.2, 0.25) is 0 Å². The zero-order chi connectivity index (χ0) is 12.8. The van der Waals surface area contributed by atoms with E-state index < -0.39 is 0 Å². The molecule has 0 aliphatic rings. The van der Waals surface area contributed by atoms with Crippen LogP contribution in [0, 0.1) is 13.8 Å². The lowest BCUT2D eigenvalue weighted by Gasteiger charge is -2.14. The van der Waals surface area contributed by atoms with E-state index in [0.29, 0.717) is 0 Å². The molecule has 1 atom stereocenters. The van der Waals surface area contributed by atoms with Gasteiger partial charge in [-0.25, -0.2) is 0 Å². The largest absolute Gasteiger partial charge is 0.495 e. The van der Waals surface area contributed by atoms with Gasteiger partial charge in [-0.3, -0.25) is 0 Å². The van der Waals surface area contributed by atoms with Crippen LogP contribution in [0.1, 0.15) is 30.9 Å². The fraction of sp³-hybridized carbons (Fsp3) is 0.571. The molecular weight excluding hydrogens is 212 g/mol. The average Bonchev–Trinajstić information content (AvgIpc) is 2.28. The van der Waals surface area contributed by atoms with Gasteiger partial charge in [0.1, 0.15) is 5.75 Å². The van der Waals surface area contributed by atoms with Crippen LogP contribution in [0.5, 0.6) is 5.75 Å². The number of hydrogen-bond acceptors (Lipinski definition) is 3. The van der Waals surface area contributed by atoms with Crippen LogP contribution in [-0.2, 0) is 0 Å². The first-order valence-electron chi connectivity index (χ1n) is 6.19. The van der Waals surface area contributed by atoms with Gasteiger partial charge in [0, 0.05) is 12.6 Å². The Morgan fingerprint density at radius 2 is 1.94 bits per heavy atom. The minimum atomic E-state index is 0.276. The number of aryl methyl sites for hydroxylation is 2. The number of benzene rings is 1. The number of hydrogen-bond donors (Lipinski definition) is 2. The minimum Gasteiger partial charge on any atom is -0.495 e. The quantitative estimate of drug-likeness (QED) is 0.747. The van der Waals surface area contributed by atoms with Gasteiger partial charge in [0.05, 0.1) is 12.8 Å². The molecule has 0 saturated heterocycles. The number of ether oxygens (including phenoxy) is 1. The van der Waals surface area contributed by atoms with Crippen molar-refractivity contribution in [2.45, 2.75) is 39.7 Å². The van der Waals surface area contributed by atoms with Crippen molar-refractivity contribution in [3.63, 3.8) is 0 Å². The summed E-state index contributed by atoms with van der Waals surface area (Å²) in [6.45, 7) is 7.18. The Labute approximate surface area is 104 Å². The Bertz CT molecular complexity index is 361. The van der Waals surface area contributed by atoms with E-state index in [9.17, 15) is 0 Å². The number of anilines is 1. The van der Waals surface area contributed by atoms with Gasteiger partial charge in [0.15, 0.2) is 0 Å². The normalized spacial score (nSPS) is 12.3. The maximum atomic E-state index is 5.72. The van der Waals surface area contributed by atoms with Crippen molar-refractivity contribution < 1.29 is 4.74 Å². The molecule has 96 valence electrons. The van der Waals surface area contributed by atoms with Gasteiger partial charge in [-0.15, -0.1) is 0 Å². The molecule has 0 aliphatic heterocycles. The van der Waals surface area contributed by atoms with Crippen LogP contribution in [0.3, 0.4) is 0 Å². The molecule has 3 heteroatoms. The Morgan fingerprint density at radius 1 is 1.29 bits per heavy atom. The lowest BCUT2D eigenvalue weighted by atomic mass is 10.1. The second-order valence-corrected chi connectivity index (χ2v) is 4.68. The molecule has 0 aromatic heterocycles. The molecule has 17 heavy (non-hydrogen) atoms. The second kappa shape index (κ2) is 6.50. The topological polar surface area (TPSA) is 47.3 Å². The van der Waals surface area contributed by atoms with Crippen molar-refractivity contribution >= 4 is 5.69 Å². The molecule has 3 nitrogen and oxygen atoms in total. The average molecular weight is 236 g/mol. The molecule has 0 aliphatic carbocycles. The number of rotatable bonds is 6. The van der Waals surface area contributed by atoms with Crippen LogP contribution < -0.4 is 15.8 Å². The summed E-state index contributed by atoms with van der Waals surface area (Å²) >= 11 is 0. The highest BCUT2D eigenvalue weighted by Gasteiger charge is 2.05. The fourth-order valence-corrected chi connectivity index (χ4v) is 1.74. The Kier molecular flexibility index (Phi) is 5.29. The first kappa shape index (κ1) is 13.8. The Hall–Kier alpha value is -1.22. The van der Waals surface area contributed by atoms with Crippen molar-refractivity contribution in [3.05, 3.63) is 23.3 Å². The highest BCUT2D eigenvalue weighted by molar-refractivity contribution is 5.59. The lowest BCUT2D eigenvalue weighted by molar-refractivity contribution is 0.416. The maximum Gasteiger partial charge on any atom is 0.142 e. The first-order valence-corrected chi connectivity index (χ1v) is 6.19. The zero-order valence-electron chi connectivity index (χ0n) is 11.3. The third kappa shape index (κ3) is 4.27. The smallest absolute Gasteiger partial charge is 0.142 e. The van der Waals surface area contributed by atoms with E-state index >= 15 is 0 Å². The highest BCUT2D eigenvalue weighted by atomic mass is 16.5. The third-order valence-electron chi connectivity index (χ3n) is 2.97. The third-order valence-corrected chi connectivity index (χ3v) is 2.97. The summed E-state index contributed by atoms with van der Waals surface area (Å²) in [5, 5.41) is 3.41. The standard InChI is InChI=1S/C14H24N2O/c1-10-8-13(14(17-4)9-11(10)2)16-7-5-6-12(3)15/h8-9,12,16H,5-7,15H2,1-4H3. The number of methoxy groups -OCH3 is 1. The van der Waals surface area contributed by atoms with Crippen molar-refractivity contribution in [1.29, 1.82) is 0 Å². The SMILES string of the molecule is COc1cc(C)c(C)cc1NCCCC(C)N. The van der Waals surface area contributed by atoms with E-state index in [4.69, 9.17) is 10.5 Å².